The molecule has 1 aliphatic rings. The first kappa shape index (κ1) is 18.9. The number of hydrogen-bond donors (Lipinski definition) is 1. The molecule has 6 heteroatoms. The van der Waals surface area contributed by atoms with Crippen LogP contribution in [0.5, 0.6) is 0 Å². The van der Waals surface area contributed by atoms with Gasteiger partial charge in [-0.1, -0.05) is 33.6 Å². The Bertz CT molecular complexity index is 660. The lowest BCUT2D eigenvalue weighted by atomic mass is 9.92. The van der Waals surface area contributed by atoms with Gasteiger partial charge in [-0.15, -0.1) is 0 Å². The van der Waals surface area contributed by atoms with Gasteiger partial charge < -0.3 is 14.1 Å². The summed E-state index contributed by atoms with van der Waals surface area (Å²) >= 11 is 0. The second-order valence-corrected chi connectivity index (χ2v) is 13.0. The predicted molar refractivity (Wildman–Crippen MR) is 97.2 cm³/mol. The van der Waals surface area contributed by atoms with E-state index in [2.05, 4.69) is 33.9 Å². The molecule has 0 saturated heterocycles. The molecule has 1 aliphatic carbocycles. The maximum atomic E-state index is 12.6. The third-order valence-electron chi connectivity index (χ3n) is 5.48. The van der Waals surface area contributed by atoms with E-state index >= 15 is 0 Å². The third kappa shape index (κ3) is 3.80. The second-order valence-electron chi connectivity index (χ2n) is 8.21. The number of carboxylic acid groups (broad SMARTS) is 1. The maximum Gasteiger partial charge on any atom is 0.341 e. The number of carboxylic acids is 1. The van der Waals surface area contributed by atoms with E-state index < -0.39 is 19.8 Å². The van der Waals surface area contributed by atoms with Crippen LogP contribution < -0.4 is 5.56 Å². The number of aromatic nitrogens is 1. The average molecular weight is 352 g/mol. The zero-order chi connectivity index (χ0) is 18.1. The third-order valence-corrected chi connectivity index (χ3v) is 9.99. The van der Waals surface area contributed by atoms with Crippen molar-refractivity contribution in [1.82, 2.24) is 4.57 Å². The van der Waals surface area contributed by atoms with E-state index in [1.165, 1.54) is 6.07 Å². The van der Waals surface area contributed by atoms with Crippen molar-refractivity contribution < 1.29 is 14.3 Å². The zero-order valence-electron chi connectivity index (χ0n) is 15.3. The first-order valence-electron chi connectivity index (χ1n) is 8.67. The number of nitrogens with zero attached hydrogens (tertiary/aromatic N) is 1. The summed E-state index contributed by atoms with van der Waals surface area (Å²) < 4.78 is 8.18. The van der Waals surface area contributed by atoms with Gasteiger partial charge in [-0.2, -0.15) is 0 Å². The number of aromatic carboxylic acids is 1. The van der Waals surface area contributed by atoms with Crippen LogP contribution in [0.2, 0.25) is 18.1 Å². The molecule has 1 aromatic rings. The van der Waals surface area contributed by atoms with E-state index in [0.29, 0.717) is 0 Å². The number of rotatable bonds is 4. The molecule has 1 heterocycles. The summed E-state index contributed by atoms with van der Waals surface area (Å²) in [5, 5.41) is 9.31. The van der Waals surface area contributed by atoms with Gasteiger partial charge in [0.15, 0.2) is 8.32 Å². The van der Waals surface area contributed by atoms with Crippen LogP contribution in [0.15, 0.2) is 23.1 Å². The average Bonchev–Trinajstić information content (AvgIpc) is 2.46. The van der Waals surface area contributed by atoms with Gasteiger partial charge in [0, 0.05) is 6.20 Å². The van der Waals surface area contributed by atoms with Crippen molar-refractivity contribution >= 4 is 14.3 Å². The number of pyridine rings is 1. The molecular formula is C18H29NO4Si. The minimum Gasteiger partial charge on any atom is -0.477 e. The van der Waals surface area contributed by atoms with E-state index in [1.807, 2.05) is 0 Å². The smallest absolute Gasteiger partial charge is 0.341 e. The highest BCUT2D eigenvalue weighted by atomic mass is 28.4. The van der Waals surface area contributed by atoms with E-state index in [0.717, 1.165) is 25.7 Å². The highest BCUT2D eigenvalue weighted by molar-refractivity contribution is 6.74. The van der Waals surface area contributed by atoms with Crippen molar-refractivity contribution in [3.8, 4) is 0 Å². The van der Waals surface area contributed by atoms with Crippen molar-refractivity contribution in [3.63, 3.8) is 0 Å². The summed E-state index contributed by atoms with van der Waals surface area (Å²) in [6.07, 6.45) is 5.56. The topological polar surface area (TPSA) is 68.5 Å². The highest BCUT2D eigenvalue weighted by Crippen LogP contribution is 2.41. The standard InChI is InChI=1S/C18H29NO4Si/c1-18(2,3)24(4,5)23-15-11-7-6-10-14(15)19-12-8-9-13(16(19)20)17(21)22/h8-9,12,14-15H,6-7,10-11H2,1-5H3,(H,21,22)/t14-,15?/m0/s1. The van der Waals surface area contributed by atoms with Gasteiger partial charge in [-0.3, -0.25) is 4.79 Å². The van der Waals surface area contributed by atoms with Crippen molar-refractivity contribution in [1.29, 1.82) is 0 Å². The Kier molecular flexibility index (Phi) is 5.40. The minimum absolute atomic E-state index is 0.0265. The summed E-state index contributed by atoms with van der Waals surface area (Å²) in [5.41, 5.74) is -0.602. The van der Waals surface area contributed by atoms with Gasteiger partial charge >= 0.3 is 5.97 Å². The quantitative estimate of drug-likeness (QED) is 0.831. The molecule has 1 N–H and O–H groups in total. The van der Waals surface area contributed by atoms with E-state index in [4.69, 9.17) is 4.43 Å². The van der Waals surface area contributed by atoms with Gasteiger partial charge in [0.25, 0.3) is 5.56 Å². The fraction of sp³-hybridized carbons (Fsp3) is 0.667. The van der Waals surface area contributed by atoms with Crippen molar-refractivity contribution in [2.24, 2.45) is 0 Å². The van der Waals surface area contributed by atoms with Crippen LogP contribution in [0, 0.1) is 0 Å². The predicted octanol–water partition coefficient (Wildman–Crippen LogP) is 4.05. The Hall–Kier alpha value is -1.40. The Balaban J connectivity index is 2.36. The van der Waals surface area contributed by atoms with Gasteiger partial charge in [-0.05, 0) is 43.1 Å². The molecule has 2 atom stereocenters. The van der Waals surface area contributed by atoms with E-state index in [-0.39, 0.29) is 22.7 Å². The largest absolute Gasteiger partial charge is 0.477 e. The molecule has 0 amide bonds. The fourth-order valence-electron chi connectivity index (χ4n) is 3.02. The Labute approximate surface area is 144 Å². The lowest BCUT2D eigenvalue weighted by Gasteiger charge is -2.43. The molecule has 0 aliphatic heterocycles. The number of carbonyl (C=O) groups is 1. The molecule has 0 spiro atoms. The van der Waals surface area contributed by atoms with Crippen molar-refractivity contribution in [3.05, 3.63) is 34.2 Å². The van der Waals surface area contributed by atoms with Gasteiger partial charge in [-0.25, -0.2) is 4.79 Å². The van der Waals surface area contributed by atoms with Crippen LogP contribution >= 0.6 is 0 Å². The number of hydrogen-bond acceptors (Lipinski definition) is 3. The molecule has 2 rings (SSSR count). The molecule has 24 heavy (non-hydrogen) atoms. The molecule has 1 fully saturated rings. The summed E-state index contributed by atoms with van der Waals surface area (Å²) in [6, 6.07) is 2.93. The molecular weight excluding hydrogens is 322 g/mol. The maximum absolute atomic E-state index is 12.6. The molecule has 1 aromatic heterocycles. The second kappa shape index (κ2) is 6.84. The van der Waals surface area contributed by atoms with Crippen LogP contribution in [0.25, 0.3) is 0 Å². The van der Waals surface area contributed by atoms with Gasteiger partial charge in [0.05, 0.1) is 12.1 Å². The van der Waals surface area contributed by atoms with E-state index in [1.54, 1.807) is 16.8 Å². The summed E-state index contributed by atoms with van der Waals surface area (Å²) in [5.74, 6) is -1.17. The van der Waals surface area contributed by atoms with Crippen molar-refractivity contribution in [2.75, 3.05) is 0 Å². The lowest BCUT2D eigenvalue weighted by molar-refractivity contribution is 0.0683. The van der Waals surface area contributed by atoms with E-state index in [9.17, 15) is 14.7 Å². The Morgan fingerprint density at radius 3 is 2.50 bits per heavy atom. The van der Waals surface area contributed by atoms with Crippen LogP contribution in [0.4, 0.5) is 0 Å². The first-order chi connectivity index (χ1) is 11.0. The molecule has 0 bridgehead atoms. The van der Waals surface area contributed by atoms with Crippen LogP contribution in [0.3, 0.4) is 0 Å². The molecule has 0 aromatic carbocycles. The summed E-state index contributed by atoms with van der Waals surface area (Å²) in [4.78, 5) is 23.8. The van der Waals surface area contributed by atoms with Crippen molar-refractivity contribution in [2.45, 2.75) is 76.7 Å². The summed E-state index contributed by atoms with van der Waals surface area (Å²) in [7, 11) is -1.95. The van der Waals surface area contributed by atoms with Crippen LogP contribution in [0.1, 0.15) is 62.9 Å². The molecule has 5 nitrogen and oxygen atoms in total. The van der Waals surface area contributed by atoms with Gasteiger partial charge in [0.1, 0.15) is 5.56 Å². The van der Waals surface area contributed by atoms with Gasteiger partial charge in [0.2, 0.25) is 0 Å². The first-order valence-corrected chi connectivity index (χ1v) is 11.6. The summed E-state index contributed by atoms with van der Waals surface area (Å²) in [6.45, 7) is 11.0. The molecule has 1 unspecified atom stereocenters. The Morgan fingerprint density at radius 2 is 1.92 bits per heavy atom. The zero-order valence-corrected chi connectivity index (χ0v) is 16.3. The van der Waals surface area contributed by atoms with Crippen LogP contribution in [-0.4, -0.2) is 30.1 Å². The van der Waals surface area contributed by atoms with Crippen LogP contribution in [-0.2, 0) is 4.43 Å². The normalized spacial score (nSPS) is 22.4. The molecule has 0 radical (unpaired) electrons. The monoisotopic (exact) mass is 351 g/mol. The molecule has 134 valence electrons. The highest BCUT2D eigenvalue weighted by Gasteiger charge is 2.41. The molecule has 1 saturated carbocycles. The Morgan fingerprint density at radius 1 is 1.29 bits per heavy atom. The minimum atomic E-state index is -1.95. The SMILES string of the molecule is CC(C)(C)[Si](C)(C)OC1CCCC[C@@H]1n1cccc(C(=O)O)c1=O. The fourth-order valence-corrected chi connectivity index (χ4v) is 4.41. The lowest BCUT2D eigenvalue weighted by Crippen LogP contribution is -2.48.